The van der Waals surface area contributed by atoms with Gasteiger partial charge in [-0.1, -0.05) is 12.1 Å². The molecule has 0 saturated carbocycles. The summed E-state index contributed by atoms with van der Waals surface area (Å²) in [4.78, 5) is 3.75. The molecule has 5 heteroatoms. The van der Waals surface area contributed by atoms with Gasteiger partial charge in [-0.2, -0.15) is 5.10 Å². The quantitative estimate of drug-likeness (QED) is 0.766. The van der Waals surface area contributed by atoms with E-state index in [-0.39, 0.29) is 0 Å². The summed E-state index contributed by atoms with van der Waals surface area (Å²) in [7, 11) is 0. The summed E-state index contributed by atoms with van der Waals surface area (Å²) in [5, 5.41) is 4.49. The number of aromatic nitrogens is 2. The first-order chi connectivity index (χ1) is 10.8. The van der Waals surface area contributed by atoms with E-state index >= 15 is 0 Å². The summed E-state index contributed by atoms with van der Waals surface area (Å²) in [5.74, 6) is 0. The maximum atomic E-state index is 5.38. The molecule has 0 radical (unpaired) electrons. The van der Waals surface area contributed by atoms with Crippen molar-refractivity contribution in [1.82, 2.24) is 14.7 Å². The van der Waals surface area contributed by atoms with Crippen LogP contribution in [0.1, 0.15) is 11.1 Å². The maximum Gasteiger partial charge on any atom is 0.0594 e. The molecule has 0 amide bonds. The summed E-state index contributed by atoms with van der Waals surface area (Å²) in [6.45, 7) is 5.79. The van der Waals surface area contributed by atoms with Crippen LogP contribution in [0.15, 0.2) is 41.6 Å². The first-order valence-corrected chi connectivity index (χ1v) is 9.00. The molecule has 0 bridgehead atoms. The Bertz CT molecular complexity index is 593. The second-order valence-corrected chi connectivity index (χ2v) is 6.47. The van der Waals surface area contributed by atoms with Crippen molar-refractivity contribution in [3.8, 4) is 0 Å². The first-order valence-electron chi connectivity index (χ1n) is 7.78. The summed E-state index contributed by atoms with van der Waals surface area (Å²) in [5.41, 5.74) is 2.62. The van der Waals surface area contributed by atoms with Gasteiger partial charge in [0.15, 0.2) is 0 Å². The summed E-state index contributed by atoms with van der Waals surface area (Å²) in [6, 6.07) is 8.73. The molecule has 0 atom stereocenters. The predicted octanol–water partition coefficient (Wildman–Crippen LogP) is 2.53. The minimum absolute atomic E-state index is 0.857. The highest BCUT2D eigenvalue weighted by molar-refractivity contribution is 7.98. The van der Waals surface area contributed by atoms with Crippen molar-refractivity contribution in [3.63, 3.8) is 0 Å². The van der Waals surface area contributed by atoms with Crippen LogP contribution in [0.5, 0.6) is 0 Å². The van der Waals surface area contributed by atoms with Gasteiger partial charge in [0.1, 0.15) is 0 Å². The van der Waals surface area contributed by atoms with E-state index in [0.717, 1.165) is 45.8 Å². The third-order valence-corrected chi connectivity index (χ3v) is 4.70. The molecule has 1 aliphatic rings. The molecule has 118 valence electrons. The highest BCUT2D eigenvalue weighted by atomic mass is 32.2. The Morgan fingerprint density at radius 2 is 2.05 bits per heavy atom. The molecule has 1 saturated heterocycles. The van der Waals surface area contributed by atoms with Crippen LogP contribution in [0.2, 0.25) is 0 Å². The van der Waals surface area contributed by atoms with Gasteiger partial charge in [0.2, 0.25) is 0 Å². The summed E-state index contributed by atoms with van der Waals surface area (Å²) < 4.78 is 7.43. The Labute approximate surface area is 136 Å². The van der Waals surface area contributed by atoms with Crippen molar-refractivity contribution in [2.24, 2.45) is 0 Å². The molecule has 2 aromatic rings. The second kappa shape index (κ2) is 7.81. The van der Waals surface area contributed by atoms with Crippen LogP contribution in [0.3, 0.4) is 0 Å². The highest BCUT2D eigenvalue weighted by Crippen LogP contribution is 2.18. The van der Waals surface area contributed by atoms with Crippen LogP contribution in [-0.4, -0.2) is 53.8 Å². The van der Waals surface area contributed by atoms with Crippen LogP contribution in [0.25, 0.3) is 0 Å². The second-order valence-electron chi connectivity index (χ2n) is 5.59. The average molecular weight is 317 g/mol. The smallest absolute Gasteiger partial charge is 0.0594 e. The molecule has 1 fully saturated rings. The fourth-order valence-electron chi connectivity index (χ4n) is 2.71. The molecule has 3 rings (SSSR count). The lowest BCUT2D eigenvalue weighted by Gasteiger charge is -2.26. The van der Waals surface area contributed by atoms with Crippen LogP contribution in [-0.2, 0) is 17.7 Å². The van der Waals surface area contributed by atoms with Gasteiger partial charge >= 0.3 is 0 Å². The molecule has 0 aliphatic carbocycles. The Hall–Kier alpha value is -1.30. The van der Waals surface area contributed by atoms with E-state index in [0.29, 0.717) is 0 Å². The van der Waals surface area contributed by atoms with E-state index in [4.69, 9.17) is 4.74 Å². The van der Waals surface area contributed by atoms with E-state index in [2.05, 4.69) is 51.4 Å². The Morgan fingerprint density at radius 3 is 2.86 bits per heavy atom. The van der Waals surface area contributed by atoms with Crippen molar-refractivity contribution in [2.75, 3.05) is 39.1 Å². The van der Waals surface area contributed by atoms with Gasteiger partial charge in [-0.15, -0.1) is 11.8 Å². The van der Waals surface area contributed by atoms with Crippen molar-refractivity contribution in [1.29, 1.82) is 0 Å². The van der Waals surface area contributed by atoms with E-state index < -0.39 is 0 Å². The van der Waals surface area contributed by atoms with Gasteiger partial charge < -0.3 is 4.74 Å². The number of hydrogen-bond acceptors (Lipinski definition) is 4. The topological polar surface area (TPSA) is 30.3 Å². The van der Waals surface area contributed by atoms with Gasteiger partial charge in [0, 0.05) is 37.1 Å². The minimum Gasteiger partial charge on any atom is -0.379 e. The Morgan fingerprint density at radius 1 is 1.18 bits per heavy atom. The minimum atomic E-state index is 0.857. The van der Waals surface area contributed by atoms with Crippen LogP contribution in [0.4, 0.5) is 0 Å². The normalized spacial score (nSPS) is 16.0. The third kappa shape index (κ3) is 4.35. The number of nitrogens with zero attached hydrogens (tertiary/aromatic N) is 3. The molecule has 0 spiro atoms. The fraction of sp³-hybridized carbons (Fsp3) is 0.471. The molecule has 0 unspecified atom stereocenters. The average Bonchev–Trinajstić information content (AvgIpc) is 3.01. The molecular weight excluding hydrogens is 294 g/mol. The Balaban J connectivity index is 1.54. The zero-order valence-electron chi connectivity index (χ0n) is 13.1. The number of benzene rings is 1. The summed E-state index contributed by atoms with van der Waals surface area (Å²) >= 11 is 1.79. The van der Waals surface area contributed by atoms with Crippen molar-refractivity contribution < 1.29 is 4.74 Å². The van der Waals surface area contributed by atoms with Crippen LogP contribution >= 0.6 is 11.8 Å². The fourth-order valence-corrected chi connectivity index (χ4v) is 3.19. The van der Waals surface area contributed by atoms with Gasteiger partial charge in [0.25, 0.3) is 0 Å². The van der Waals surface area contributed by atoms with E-state index in [9.17, 15) is 0 Å². The van der Waals surface area contributed by atoms with Gasteiger partial charge in [0.05, 0.1) is 26.0 Å². The first kappa shape index (κ1) is 15.6. The number of ether oxygens (including phenoxy) is 1. The lowest BCUT2D eigenvalue weighted by Crippen LogP contribution is -2.38. The monoisotopic (exact) mass is 317 g/mol. The van der Waals surface area contributed by atoms with Gasteiger partial charge in [-0.25, -0.2) is 0 Å². The van der Waals surface area contributed by atoms with E-state index in [1.165, 1.54) is 16.0 Å². The maximum absolute atomic E-state index is 5.38. The number of hydrogen-bond donors (Lipinski definition) is 0. The van der Waals surface area contributed by atoms with E-state index in [1.54, 1.807) is 11.8 Å². The van der Waals surface area contributed by atoms with Crippen LogP contribution in [0, 0.1) is 0 Å². The molecule has 4 nitrogen and oxygen atoms in total. The molecular formula is C17H23N3OS. The third-order valence-electron chi connectivity index (χ3n) is 3.98. The highest BCUT2D eigenvalue weighted by Gasteiger charge is 2.10. The zero-order chi connectivity index (χ0) is 15.2. The molecule has 1 aromatic heterocycles. The molecule has 0 N–H and O–H groups in total. The lowest BCUT2D eigenvalue weighted by molar-refractivity contribution is 0.0359. The largest absolute Gasteiger partial charge is 0.379 e. The van der Waals surface area contributed by atoms with Crippen molar-refractivity contribution in [3.05, 3.63) is 47.8 Å². The molecule has 2 heterocycles. The summed E-state index contributed by atoms with van der Waals surface area (Å²) in [6.07, 6.45) is 7.23. The zero-order valence-corrected chi connectivity index (χ0v) is 13.9. The van der Waals surface area contributed by atoms with E-state index in [1.807, 2.05) is 6.20 Å². The van der Waals surface area contributed by atoms with Crippen molar-refractivity contribution >= 4 is 11.8 Å². The standard InChI is InChI=1S/C17H23N3OS/c1-22-17-4-2-3-15(12-17)11-16-13-18-20(14-16)6-5-19-7-9-21-10-8-19/h2-4,12-14H,5-11H2,1H3. The van der Waals surface area contributed by atoms with Crippen LogP contribution < -0.4 is 0 Å². The molecule has 22 heavy (non-hydrogen) atoms. The van der Waals surface area contributed by atoms with Crippen molar-refractivity contribution in [2.45, 2.75) is 17.9 Å². The number of morpholine rings is 1. The molecule has 1 aromatic carbocycles. The molecule has 1 aliphatic heterocycles. The van der Waals surface area contributed by atoms with Gasteiger partial charge in [-0.05, 0) is 29.5 Å². The number of rotatable bonds is 6. The number of thioether (sulfide) groups is 1. The lowest BCUT2D eigenvalue weighted by atomic mass is 10.1. The van der Waals surface area contributed by atoms with Gasteiger partial charge in [-0.3, -0.25) is 9.58 Å². The predicted molar refractivity (Wildman–Crippen MR) is 90.5 cm³/mol. The SMILES string of the molecule is CSc1cccc(Cc2cnn(CCN3CCOCC3)c2)c1. The Kier molecular flexibility index (Phi) is 5.53.